The minimum absolute atomic E-state index is 0.0126. The molecule has 0 atom stereocenters. The maximum atomic E-state index is 11.0. The molecule has 0 aliphatic rings. The van der Waals surface area contributed by atoms with Crippen molar-refractivity contribution in [1.29, 1.82) is 5.26 Å². The van der Waals surface area contributed by atoms with Gasteiger partial charge in [-0.05, 0) is 22.6 Å². The largest absolute Gasteiger partial charge is 0.366 e. The summed E-state index contributed by atoms with van der Waals surface area (Å²) < 4.78 is 0.327. The highest BCUT2D eigenvalue weighted by Gasteiger charge is 2.17. The molecule has 0 aliphatic carbocycles. The molecule has 1 aromatic rings. The van der Waals surface area contributed by atoms with Crippen LogP contribution in [0.2, 0.25) is 0 Å². The second-order valence-corrected chi connectivity index (χ2v) is 3.67. The predicted octanol–water partition coefficient (Wildman–Crippen LogP) is 1.17. The highest BCUT2D eigenvalue weighted by atomic mass is 127. The van der Waals surface area contributed by atoms with E-state index in [4.69, 9.17) is 11.0 Å². The topological polar surface area (TPSA) is 110 Å². The van der Waals surface area contributed by atoms with E-state index in [-0.39, 0.29) is 16.8 Å². The van der Waals surface area contributed by atoms with E-state index in [1.54, 1.807) is 28.7 Å². The van der Waals surface area contributed by atoms with Crippen LogP contribution in [0.1, 0.15) is 15.9 Å². The minimum atomic E-state index is -0.792. The first-order valence-corrected chi connectivity index (χ1v) is 4.73. The van der Waals surface area contributed by atoms with Crippen LogP contribution in [-0.4, -0.2) is 10.8 Å². The van der Waals surface area contributed by atoms with Crippen LogP contribution in [0, 0.1) is 25.0 Å². The number of benzene rings is 1. The zero-order valence-electron chi connectivity index (χ0n) is 7.23. The number of carbonyl (C=O) groups is 1. The number of halogens is 1. The molecule has 76 valence electrons. The van der Waals surface area contributed by atoms with Crippen molar-refractivity contribution >= 4 is 34.2 Å². The van der Waals surface area contributed by atoms with Gasteiger partial charge in [0, 0.05) is 15.7 Å². The number of rotatable bonds is 2. The normalized spacial score (nSPS) is 9.33. The fourth-order valence-electron chi connectivity index (χ4n) is 0.975. The lowest BCUT2D eigenvalue weighted by Gasteiger charge is -2.01. The molecular weight excluding hydrogens is 313 g/mol. The van der Waals surface area contributed by atoms with Crippen molar-refractivity contribution in [3.05, 3.63) is 36.9 Å². The van der Waals surface area contributed by atoms with Gasteiger partial charge < -0.3 is 5.73 Å². The van der Waals surface area contributed by atoms with Gasteiger partial charge >= 0.3 is 0 Å². The molecule has 15 heavy (non-hydrogen) atoms. The Labute approximate surface area is 98.0 Å². The lowest BCUT2D eigenvalue weighted by atomic mass is 10.1. The number of nitro benzene ring substituents is 1. The molecule has 1 rings (SSSR count). The van der Waals surface area contributed by atoms with Crippen molar-refractivity contribution < 1.29 is 9.72 Å². The Balaban J connectivity index is 3.54. The minimum Gasteiger partial charge on any atom is -0.366 e. The first kappa shape index (κ1) is 11.4. The number of primary amides is 1. The van der Waals surface area contributed by atoms with Gasteiger partial charge in [0.15, 0.2) is 0 Å². The van der Waals surface area contributed by atoms with E-state index in [1.165, 1.54) is 0 Å². The molecule has 0 unspecified atom stereocenters. The molecule has 0 heterocycles. The van der Waals surface area contributed by atoms with E-state index in [0.29, 0.717) is 3.57 Å². The van der Waals surface area contributed by atoms with Gasteiger partial charge in [0.2, 0.25) is 5.91 Å². The first-order valence-electron chi connectivity index (χ1n) is 3.65. The van der Waals surface area contributed by atoms with Gasteiger partial charge in [0.25, 0.3) is 5.69 Å². The molecule has 0 spiro atoms. The summed E-state index contributed by atoms with van der Waals surface area (Å²) in [7, 11) is 0. The fourth-order valence-corrected chi connectivity index (χ4v) is 1.67. The molecule has 0 fully saturated rings. The van der Waals surface area contributed by atoms with E-state index in [0.717, 1.165) is 12.1 Å². The number of nitrogens with two attached hydrogens (primary N) is 1. The molecule has 7 heteroatoms. The van der Waals surface area contributed by atoms with Crippen molar-refractivity contribution in [1.82, 2.24) is 0 Å². The van der Waals surface area contributed by atoms with Crippen LogP contribution < -0.4 is 5.73 Å². The molecule has 2 N–H and O–H groups in total. The average Bonchev–Trinajstić information content (AvgIpc) is 2.17. The van der Waals surface area contributed by atoms with Gasteiger partial charge in [-0.1, -0.05) is 0 Å². The van der Waals surface area contributed by atoms with E-state index < -0.39 is 10.8 Å². The number of carbonyl (C=O) groups excluding carboxylic acids is 1. The SMILES string of the molecule is N#Cc1cc([N+](=O)[O-])cc(C(N)=O)c1I. The second-order valence-electron chi connectivity index (χ2n) is 2.59. The van der Waals surface area contributed by atoms with Gasteiger partial charge in [-0.15, -0.1) is 0 Å². The number of hydrogen-bond donors (Lipinski definition) is 1. The van der Waals surface area contributed by atoms with Gasteiger partial charge in [-0.2, -0.15) is 5.26 Å². The highest BCUT2D eigenvalue weighted by Crippen LogP contribution is 2.23. The summed E-state index contributed by atoms with van der Waals surface area (Å²) in [4.78, 5) is 20.8. The Morgan fingerprint density at radius 1 is 1.60 bits per heavy atom. The van der Waals surface area contributed by atoms with Crippen molar-refractivity contribution in [3.63, 3.8) is 0 Å². The average molecular weight is 317 g/mol. The third-order valence-electron chi connectivity index (χ3n) is 1.65. The lowest BCUT2D eigenvalue weighted by molar-refractivity contribution is -0.384. The van der Waals surface area contributed by atoms with Crippen molar-refractivity contribution in [3.8, 4) is 6.07 Å². The molecule has 6 nitrogen and oxygen atoms in total. The summed E-state index contributed by atoms with van der Waals surface area (Å²) in [6.07, 6.45) is 0. The van der Waals surface area contributed by atoms with E-state index in [2.05, 4.69) is 0 Å². The second kappa shape index (κ2) is 4.22. The van der Waals surface area contributed by atoms with Crippen LogP contribution in [0.15, 0.2) is 12.1 Å². The molecule has 0 saturated heterocycles. The lowest BCUT2D eigenvalue weighted by Crippen LogP contribution is -2.14. The van der Waals surface area contributed by atoms with Crippen molar-refractivity contribution in [2.75, 3.05) is 0 Å². The van der Waals surface area contributed by atoms with Gasteiger partial charge in [-0.25, -0.2) is 0 Å². The maximum Gasteiger partial charge on any atom is 0.271 e. The molecular formula is C8H4IN3O3. The van der Waals surface area contributed by atoms with E-state index in [9.17, 15) is 14.9 Å². The van der Waals surface area contributed by atoms with Gasteiger partial charge in [-0.3, -0.25) is 14.9 Å². The van der Waals surface area contributed by atoms with E-state index >= 15 is 0 Å². The smallest absolute Gasteiger partial charge is 0.271 e. The molecule has 0 aromatic heterocycles. The number of nitriles is 1. The van der Waals surface area contributed by atoms with Gasteiger partial charge in [0.1, 0.15) is 6.07 Å². The number of hydrogen-bond acceptors (Lipinski definition) is 4. The van der Waals surface area contributed by atoms with Crippen LogP contribution in [0.4, 0.5) is 5.69 Å². The Kier molecular flexibility index (Phi) is 3.21. The van der Waals surface area contributed by atoms with Crippen LogP contribution in [0.25, 0.3) is 0 Å². The molecule has 0 bridgehead atoms. The quantitative estimate of drug-likeness (QED) is 0.501. The summed E-state index contributed by atoms with van der Waals surface area (Å²) in [5.41, 5.74) is 4.77. The Hall–Kier alpha value is -1.69. The Morgan fingerprint density at radius 3 is 2.60 bits per heavy atom. The third kappa shape index (κ3) is 2.21. The van der Waals surface area contributed by atoms with Gasteiger partial charge in [0.05, 0.1) is 16.1 Å². The first-order chi connectivity index (χ1) is 6.97. The Bertz CT molecular complexity index is 493. The zero-order valence-corrected chi connectivity index (χ0v) is 9.39. The fraction of sp³-hybridized carbons (Fsp3) is 0. The molecule has 0 saturated carbocycles. The standard InChI is InChI=1S/C8H4IN3O3/c9-7-4(3-10)1-5(12(14)15)2-6(7)8(11)13/h1-2H,(H2,11,13). The number of nitrogens with zero attached hydrogens (tertiary/aromatic N) is 2. The molecule has 0 aliphatic heterocycles. The molecule has 0 radical (unpaired) electrons. The number of amides is 1. The Morgan fingerprint density at radius 2 is 2.20 bits per heavy atom. The summed E-state index contributed by atoms with van der Waals surface area (Å²) in [6.45, 7) is 0. The van der Waals surface area contributed by atoms with Crippen LogP contribution in [-0.2, 0) is 0 Å². The summed E-state index contributed by atoms with van der Waals surface area (Å²) in [5, 5.41) is 19.2. The third-order valence-corrected chi connectivity index (χ3v) is 2.82. The summed E-state index contributed by atoms with van der Waals surface area (Å²) in [5.74, 6) is -0.792. The summed E-state index contributed by atoms with van der Waals surface area (Å²) >= 11 is 1.75. The zero-order chi connectivity index (χ0) is 11.6. The summed E-state index contributed by atoms with van der Waals surface area (Å²) in [6, 6.07) is 3.93. The van der Waals surface area contributed by atoms with Crippen LogP contribution >= 0.6 is 22.6 Å². The number of non-ortho nitro benzene ring substituents is 1. The monoisotopic (exact) mass is 317 g/mol. The molecule has 1 aromatic carbocycles. The van der Waals surface area contributed by atoms with Crippen molar-refractivity contribution in [2.24, 2.45) is 5.73 Å². The van der Waals surface area contributed by atoms with Crippen LogP contribution in [0.3, 0.4) is 0 Å². The number of nitro groups is 1. The predicted molar refractivity (Wildman–Crippen MR) is 59.0 cm³/mol. The van der Waals surface area contributed by atoms with Crippen LogP contribution in [0.5, 0.6) is 0 Å². The molecule has 1 amide bonds. The van der Waals surface area contributed by atoms with Crippen molar-refractivity contribution in [2.45, 2.75) is 0 Å². The maximum absolute atomic E-state index is 11.0. The van der Waals surface area contributed by atoms with E-state index in [1.807, 2.05) is 0 Å². The highest BCUT2D eigenvalue weighted by molar-refractivity contribution is 14.1.